The van der Waals surface area contributed by atoms with Gasteiger partial charge >= 0.3 is 65.5 Å². The van der Waals surface area contributed by atoms with Gasteiger partial charge in [0.05, 0.1) is 0 Å². The van der Waals surface area contributed by atoms with Gasteiger partial charge in [0.25, 0.3) is 0 Å². The molecule has 0 heterocycles. The van der Waals surface area contributed by atoms with E-state index in [1.54, 1.807) is 62.3 Å². The predicted molar refractivity (Wildman–Crippen MR) is 158 cm³/mol. The number of fused-ring (bicyclic) bond motifs is 6. The van der Waals surface area contributed by atoms with Crippen LogP contribution in [0.5, 0.6) is 0 Å². The van der Waals surface area contributed by atoms with Crippen LogP contribution in [0.4, 0.5) is 39.5 Å². The van der Waals surface area contributed by atoms with Gasteiger partial charge in [0.2, 0.25) is 0 Å². The van der Waals surface area contributed by atoms with Gasteiger partial charge in [0.1, 0.15) is 0 Å². The Bertz CT molecular complexity index is 1460. The van der Waals surface area contributed by atoms with E-state index in [4.69, 9.17) is 0 Å². The Labute approximate surface area is 335 Å². The molecule has 6 nitrogen and oxygen atoms in total. The first kappa shape index (κ1) is 44.9. The van der Waals surface area contributed by atoms with Crippen molar-refractivity contribution in [3.8, 4) is 0 Å². The molecule has 0 aromatic carbocycles. The van der Waals surface area contributed by atoms with Crippen LogP contribution in [0.3, 0.4) is 0 Å². The van der Waals surface area contributed by atoms with Crippen LogP contribution in [-0.2, 0) is 14.4 Å². The minimum absolute atomic E-state index is 0. The average molecular weight is 915 g/mol. The van der Waals surface area contributed by atoms with Gasteiger partial charge in [-0.3, -0.25) is 14.4 Å². The summed E-state index contributed by atoms with van der Waals surface area (Å²) in [6.07, 6.45) is -11.6. The van der Waals surface area contributed by atoms with Gasteiger partial charge in [0.15, 0.2) is 17.3 Å². The molecule has 6 aliphatic carbocycles. The third kappa shape index (κ3) is 6.15. The summed E-state index contributed by atoms with van der Waals surface area (Å²) in [5.41, 5.74) is -5.65. The fourth-order valence-corrected chi connectivity index (χ4v) is 9.84. The summed E-state index contributed by atoms with van der Waals surface area (Å²) in [5, 5.41) is 33.9. The SMILES string of the molecule is CC12CCC(C(=C([O-])C(F)(F)F)C1=O)C2(C)C.CC12CCC(C(=C([O-])C(F)(F)F)C1=O)C2(C)C.CC12CCC(C(=C([O-])C(F)(F)F)C1=O)C2(C)C.[Yb+3]. The van der Waals surface area contributed by atoms with Crippen molar-refractivity contribution in [3.05, 3.63) is 34.0 Å². The minimum atomic E-state index is -4.94. The van der Waals surface area contributed by atoms with E-state index >= 15 is 0 Å². The maximum atomic E-state index is 12.5. The topological polar surface area (TPSA) is 120 Å². The van der Waals surface area contributed by atoms with Gasteiger partial charge in [-0.15, -0.1) is 0 Å². The Kier molecular flexibility index (Phi) is 11.3. The molecule has 1 radical (unpaired) electrons. The smallest absolute Gasteiger partial charge is 0.869 e. The molecule has 299 valence electrons. The van der Waals surface area contributed by atoms with Crippen LogP contribution in [0.25, 0.3) is 0 Å². The molecule has 52 heavy (non-hydrogen) atoms. The monoisotopic (exact) mass is 915 g/mol. The van der Waals surface area contributed by atoms with Gasteiger partial charge in [-0.2, -0.15) is 39.5 Å². The van der Waals surface area contributed by atoms with Crippen molar-refractivity contribution in [3.63, 3.8) is 0 Å². The third-order valence-corrected chi connectivity index (χ3v) is 14.5. The summed E-state index contributed by atoms with van der Waals surface area (Å²) in [4.78, 5) is 36.1. The Morgan fingerprint density at radius 1 is 0.462 bits per heavy atom. The number of ketones is 3. The van der Waals surface area contributed by atoms with E-state index in [2.05, 4.69) is 0 Å². The van der Waals surface area contributed by atoms with Crippen LogP contribution in [0.2, 0.25) is 0 Å². The van der Waals surface area contributed by atoms with Crippen LogP contribution in [-0.4, -0.2) is 35.9 Å². The molecule has 0 saturated heterocycles. The van der Waals surface area contributed by atoms with Crippen LogP contribution in [0.1, 0.15) is 101 Å². The summed E-state index contributed by atoms with van der Waals surface area (Å²) < 4.78 is 112. The molecule has 0 aromatic rings. The number of halogens is 9. The Morgan fingerprint density at radius 2 is 0.635 bits per heavy atom. The van der Waals surface area contributed by atoms with Crippen molar-refractivity contribution in [1.29, 1.82) is 0 Å². The first-order valence-electron chi connectivity index (χ1n) is 16.7. The van der Waals surface area contributed by atoms with E-state index in [0.29, 0.717) is 38.5 Å². The second-order valence-corrected chi connectivity index (χ2v) is 17.1. The summed E-state index contributed by atoms with van der Waals surface area (Å²) in [6.45, 7) is 15.7. The van der Waals surface area contributed by atoms with Crippen molar-refractivity contribution in [1.82, 2.24) is 0 Å². The zero-order valence-corrected chi connectivity index (χ0v) is 31.8. The van der Waals surface area contributed by atoms with Crippen molar-refractivity contribution in [2.24, 2.45) is 50.2 Å². The van der Waals surface area contributed by atoms with Gasteiger partial charge in [-0.25, -0.2) is 0 Å². The van der Waals surface area contributed by atoms with Crippen LogP contribution in [0, 0.1) is 97.2 Å². The number of carbonyl (C=O) groups is 3. The van der Waals surface area contributed by atoms with Crippen LogP contribution >= 0.6 is 0 Å². The molecule has 6 saturated carbocycles. The average Bonchev–Trinajstić information content (AvgIpc) is 3.59. The van der Waals surface area contributed by atoms with Crippen LogP contribution < -0.4 is 15.3 Å². The molecule has 6 fully saturated rings. The van der Waals surface area contributed by atoms with E-state index in [0.717, 1.165) is 0 Å². The second kappa shape index (κ2) is 13.0. The van der Waals surface area contributed by atoms with Crippen molar-refractivity contribution >= 4 is 17.3 Å². The van der Waals surface area contributed by atoms with Gasteiger partial charge in [0, 0.05) is 16.2 Å². The number of hydrogen-bond donors (Lipinski definition) is 0. The molecule has 0 aromatic heterocycles. The molecule has 6 unspecified atom stereocenters. The Morgan fingerprint density at radius 3 is 0.750 bits per heavy atom. The Hall–Kier alpha value is -1.48. The predicted octanol–water partition coefficient (Wildman–Crippen LogP) is 6.56. The number of allylic oxidation sites excluding steroid dienone is 6. The molecule has 6 bridgehead atoms. The number of hydrogen-bond acceptors (Lipinski definition) is 6. The number of carbonyl (C=O) groups excluding carboxylic acids is 3. The molecule has 6 rings (SSSR count). The second-order valence-electron chi connectivity index (χ2n) is 17.1. The third-order valence-electron chi connectivity index (χ3n) is 14.5. The number of alkyl halides is 9. The van der Waals surface area contributed by atoms with E-state index in [-0.39, 0.29) is 46.9 Å². The summed E-state index contributed by atoms with van der Waals surface area (Å²) >= 11 is 0. The normalized spacial score (nSPS) is 38.0. The fourth-order valence-electron chi connectivity index (χ4n) is 9.84. The molecule has 0 aliphatic heterocycles. The van der Waals surface area contributed by atoms with Crippen molar-refractivity contribution < 1.29 is 116 Å². The molecule has 6 atom stereocenters. The maximum absolute atomic E-state index is 12.5. The van der Waals surface area contributed by atoms with E-state index < -0.39 is 120 Å². The van der Waals surface area contributed by atoms with E-state index in [1.807, 2.05) is 0 Å². The first-order chi connectivity index (χ1) is 22.6. The maximum Gasteiger partial charge on any atom is 3.00 e. The molecule has 0 spiro atoms. The standard InChI is InChI=1S/3C12H15F3O2.Yb/c3*1-10(2)6-4-5-11(10,3)8(16)7(6)9(17)12(13,14)15;/h3*6,17H,4-5H2,1-3H3;/q;;;+3/p-3. The quantitative estimate of drug-likeness (QED) is 0.154. The fraction of sp³-hybridized carbons (Fsp3) is 0.750. The van der Waals surface area contributed by atoms with E-state index in [1.165, 1.54) is 0 Å². The zero-order chi connectivity index (χ0) is 39.7. The van der Waals surface area contributed by atoms with E-state index in [9.17, 15) is 69.2 Å². The van der Waals surface area contributed by atoms with Crippen molar-refractivity contribution in [2.75, 3.05) is 0 Å². The van der Waals surface area contributed by atoms with Gasteiger partial charge in [-0.05, 0) is 107 Å². The summed E-state index contributed by atoms with van der Waals surface area (Å²) in [7, 11) is 0. The molecular formula is C36H42F9O6Yb. The first-order valence-corrected chi connectivity index (χ1v) is 16.7. The number of Topliss-reactive ketones (excluding diaryl/α,β-unsaturated/α-hetero) is 3. The molecular weight excluding hydrogens is 872 g/mol. The van der Waals surface area contributed by atoms with Crippen LogP contribution in [0.15, 0.2) is 34.0 Å². The summed E-state index contributed by atoms with van der Waals surface area (Å²) in [5.74, 6) is -9.25. The Balaban J connectivity index is 0.000000208. The van der Waals surface area contributed by atoms with Gasteiger partial charge < -0.3 is 15.3 Å². The molecule has 0 amide bonds. The summed E-state index contributed by atoms with van der Waals surface area (Å²) in [6, 6.07) is 0. The molecule has 6 aliphatic rings. The zero-order valence-electron chi connectivity index (χ0n) is 30.1. The molecule has 0 N–H and O–H groups in total. The van der Waals surface area contributed by atoms with Crippen molar-refractivity contribution in [2.45, 2.75) is 119 Å². The largest absolute Gasteiger partial charge is 3.00 e. The molecule has 16 heteroatoms. The van der Waals surface area contributed by atoms with Gasteiger partial charge in [-0.1, -0.05) is 62.3 Å². The minimum Gasteiger partial charge on any atom is -0.869 e. The number of rotatable bonds is 0.